The van der Waals surface area contributed by atoms with E-state index in [1.54, 1.807) is 12.1 Å². The molecule has 0 saturated carbocycles. The van der Waals surface area contributed by atoms with E-state index in [-0.39, 0.29) is 11.0 Å². The summed E-state index contributed by atoms with van der Waals surface area (Å²) in [5, 5.41) is 4.73. The van der Waals surface area contributed by atoms with Crippen LogP contribution in [-0.2, 0) is 5.41 Å². The van der Waals surface area contributed by atoms with Gasteiger partial charge in [-0.3, -0.25) is 9.38 Å². The van der Waals surface area contributed by atoms with Crippen LogP contribution in [0.2, 0.25) is 0 Å². The van der Waals surface area contributed by atoms with E-state index in [1.165, 1.54) is 33.4 Å². The lowest BCUT2D eigenvalue weighted by atomic mass is 9.85. The van der Waals surface area contributed by atoms with Gasteiger partial charge >= 0.3 is 0 Å². The highest BCUT2D eigenvalue weighted by Crippen LogP contribution is 2.41. The minimum Gasteiger partial charge on any atom is -0.293 e. The fourth-order valence-electron chi connectivity index (χ4n) is 4.49. The molecule has 0 aliphatic heterocycles. The van der Waals surface area contributed by atoms with Crippen LogP contribution in [0.3, 0.4) is 0 Å². The number of rotatable bonds is 1. The van der Waals surface area contributed by atoms with Crippen molar-refractivity contribution in [3.8, 4) is 11.3 Å². The second-order valence-electron chi connectivity index (χ2n) is 9.05. The topological polar surface area (TPSA) is 30.2 Å². The van der Waals surface area contributed by atoms with Crippen molar-refractivity contribution in [2.45, 2.75) is 33.0 Å². The summed E-state index contributed by atoms with van der Waals surface area (Å²) in [7, 11) is 0. The number of aryl methyl sites for hydroxylation is 1. The highest BCUT2D eigenvalue weighted by Gasteiger charge is 2.22. The maximum absolute atomic E-state index is 7.58. The Hall–Kier alpha value is -3.46. The van der Waals surface area contributed by atoms with Gasteiger partial charge in [-0.1, -0.05) is 45.0 Å². The van der Waals surface area contributed by atoms with Crippen molar-refractivity contribution in [3.05, 3.63) is 78.1 Å². The van der Waals surface area contributed by atoms with Crippen LogP contribution in [0.1, 0.15) is 36.0 Å². The fourth-order valence-corrected chi connectivity index (χ4v) is 4.49. The van der Waals surface area contributed by atoms with E-state index in [0.29, 0.717) is 5.69 Å². The molecule has 2 aromatic carbocycles. The van der Waals surface area contributed by atoms with E-state index in [4.69, 9.17) is 9.10 Å². The summed E-state index contributed by atoms with van der Waals surface area (Å²) >= 11 is 0. The lowest BCUT2D eigenvalue weighted by Crippen LogP contribution is -2.10. The number of aromatic nitrogens is 3. The standard InChI is InChI=1S/C27H23N3/c1-16-9-10-23(28-14-16)17-11-22-21-13-18(27(2,3)4)12-20-19-7-5-6-8-24(19)30(25(20)21)26(22)29-15-17/h5-15H,1-4H3/i1D3. The Balaban J connectivity index is 1.67. The minimum atomic E-state index is -2.16. The van der Waals surface area contributed by atoms with Gasteiger partial charge in [-0.2, -0.15) is 0 Å². The summed E-state index contributed by atoms with van der Waals surface area (Å²) < 4.78 is 25.0. The summed E-state index contributed by atoms with van der Waals surface area (Å²) in [5.74, 6) is 0. The van der Waals surface area contributed by atoms with Crippen molar-refractivity contribution in [3.63, 3.8) is 0 Å². The van der Waals surface area contributed by atoms with E-state index < -0.39 is 6.85 Å². The molecule has 146 valence electrons. The van der Waals surface area contributed by atoms with E-state index in [0.717, 1.165) is 22.1 Å². The Kier molecular flexibility index (Phi) is 2.80. The van der Waals surface area contributed by atoms with Crippen molar-refractivity contribution < 1.29 is 4.11 Å². The predicted molar refractivity (Wildman–Crippen MR) is 126 cm³/mol. The van der Waals surface area contributed by atoms with Crippen molar-refractivity contribution in [1.82, 2.24) is 14.4 Å². The van der Waals surface area contributed by atoms with Gasteiger partial charge in [0.15, 0.2) is 0 Å². The van der Waals surface area contributed by atoms with Crippen LogP contribution in [0, 0.1) is 6.85 Å². The first-order chi connectivity index (χ1) is 15.6. The molecular formula is C27H23N3. The Morgan fingerprint density at radius 2 is 1.63 bits per heavy atom. The predicted octanol–water partition coefficient (Wildman–Crippen LogP) is 6.90. The van der Waals surface area contributed by atoms with Crippen LogP contribution >= 0.6 is 0 Å². The number of para-hydroxylation sites is 1. The molecule has 0 bridgehead atoms. The second kappa shape index (κ2) is 5.79. The Morgan fingerprint density at radius 3 is 2.37 bits per heavy atom. The zero-order valence-electron chi connectivity index (χ0n) is 20.2. The molecule has 0 fully saturated rings. The zero-order chi connectivity index (χ0) is 23.1. The Bertz CT molecular complexity index is 1670. The summed E-state index contributed by atoms with van der Waals surface area (Å²) in [4.78, 5) is 9.30. The quantitative estimate of drug-likeness (QED) is 0.305. The Morgan fingerprint density at radius 1 is 0.833 bits per heavy atom. The molecule has 0 saturated heterocycles. The third-order valence-corrected chi connectivity index (χ3v) is 6.06. The average Bonchev–Trinajstić information content (AvgIpc) is 3.29. The first kappa shape index (κ1) is 14.5. The van der Waals surface area contributed by atoms with Gasteiger partial charge in [0.1, 0.15) is 5.65 Å². The van der Waals surface area contributed by atoms with Crippen LogP contribution in [0.15, 0.2) is 67.0 Å². The molecule has 4 heterocycles. The SMILES string of the molecule is [2H]C([2H])([2H])c1ccc(-c2cnc3c(c2)c2cc(C(C)(C)C)cc4c5ccccc5n3c42)nc1. The third-order valence-electron chi connectivity index (χ3n) is 6.06. The molecule has 6 rings (SSSR count). The Labute approximate surface area is 179 Å². The molecular weight excluding hydrogens is 366 g/mol. The van der Waals surface area contributed by atoms with Crippen molar-refractivity contribution in [1.29, 1.82) is 0 Å². The van der Waals surface area contributed by atoms with Crippen LogP contribution in [-0.4, -0.2) is 14.4 Å². The van der Waals surface area contributed by atoms with Gasteiger partial charge in [-0.25, -0.2) is 4.98 Å². The maximum atomic E-state index is 7.58. The third kappa shape index (κ3) is 2.32. The van der Waals surface area contributed by atoms with Gasteiger partial charge < -0.3 is 0 Å². The molecule has 0 unspecified atom stereocenters. The number of pyridine rings is 2. The van der Waals surface area contributed by atoms with Crippen molar-refractivity contribution >= 4 is 38.2 Å². The lowest BCUT2D eigenvalue weighted by molar-refractivity contribution is 0.592. The summed E-state index contributed by atoms with van der Waals surface area (Å²) in [6.07, 6.45) is 3.26. The van der Waals surface area contributed by atoms with E-state index in [9.17, 15) is 0 Å². The van der Waals surface area contributed by atoms with Gasteiger partial charge in [0.05, 0.1) is 16.7 Å². The van der Waals surface area contributed by atoms with Crippen molar-refractivity contribution in [2.75, 3.05) is 0 Å². The normalized spacial score (nSPS) is 14.6. The van der Waals surface area contributed by atoms with Crippen LogP contribution in [0.5, 0.6) is 0 Å². The smallest absolute Gasteiger partial charge is 0.145 e. The van der Waals surface area contributed by atoms with Gasteiger partial charge in [-0.05, 0) is 53.7 Å². The van der Waals surface area contributed by atoms with Crippen LogP contribution in [0.4, 0.5) is 0 Å². The molecule has 30 heavy (non-hydrogen) atoms. The molecule has 6 aromatic rings. The highest BCUT2D eigenvalue weighted by molar-refractivity contribution is 6.23. The second-order valence-corrected chi connectivity index (χ2v) is 9.05. The first-order valence-electron chi connectivity index (χ1n) is 11.7. The molecule has 0 aliphatic rings. The van der Waals surface area contributed by atoms with Crippen LogP contribution < -0.4 is 0 Å². The first-order valence-corrected chi connectivity index (χ1v) is 10.2. The fraction of sp³-hybridized carbons (Fsp3) is 0.185. The number of hydrogen-bond donors (Lipinski definition) is 0. The molecule has 0 atom stereocenters. The molecule has 0 spiro atoms. The lowest BCUT2D eigenvalue weighted by Gasteiger charge is -2.19. The van der Waals surface area contributed by atoms with E-state index >= 15 is 0 Å². The van der Waals surface area contributed by atoms with Gasteiger partial charge in [0.25, 0.3) is 0 Å². The highest BCUT2D eigenvalue weighted by atomic mass is 15.0. The minimum absolute atomic E-state index is 0.00828. The summed E-state index contributed by atoms with van der Waals surface area (Å²) in [6, 6.07) is 18.6. The number of hydrogen-bond acceptors (Lipinski definition) is 2. The van der Waals surface area contributed by atoms with Crippen molar-refractivity contribution in [2.24, 2.45) is 0 Å². The average molecular weight is 393 g/mol. The molecule has 0 radical (unpaired) electrons. The molecule has 3 nitrogen and oxygen atoms in total. The van der Waals surface area contributed by atoms with Gasteiger partial charge in [0.2, 0.25) is 0 Å². The molecule has 4 aromatic heterocycles. The molecule has 0 aliphatic carbocycles. The monoisotopic (exact) mass is 392 g/mol. The molecule has 3 heteroatoms. The van der Waals surface area contributed by atoms with Gasteiger partial charge in [-0.15, -0.1) is 0 Å². The number of benzene rings is 2. The van der Waals surface area contributed by atoms with E-state index in [1.807, 2.05) is 6.20 Å². The largest absolute Gasteiger partial charge is 0.293 e. The summed E-state index contributed by atoms with van der Waals surface area (Å²) in [5.41, 5.74) is 6.37. The van der Waals surface area contributed by atoms with Gasteiger partial charge in [0, 0.05) is 43.6 Å². The number of fused-ring (bicyclic) bond motifs is 6. The molecule has 0 N–H and O–H groups in total. The van der Waals surface area contributed by atoms with E-state index in [2.05, 4.69) is 72.6 Å². The molecule has 0 amide bonds. The van der Waals surface area contributed by atoms with Crippen LogP contribution in [0.25, 0.3) is 49.5 Å². The zero-order valence-corrected chi connectivity index (χ0v) is 17.2. The maximum Gasteiger partial charge on any atom is 0.145 e. The summed E-state index contributed by atoms with van der Waals surface area (Å²) in [6.45, 7) is 4.55. The number of nitrogens with zero attached hydrogens (tertiary/aromatic N) is 3.